The average Bonchev–Trinajstić information content (AvgIpc) is 2.34. The van der Waals surface area contributed by atoms with E-state index in [2.05, 4.69) is 42.4 Å². The molecule has 1 heterocycles. The third-order valence-corrected chi connectivity index (χ3v) is 2.03. The lowest BCUT2D eigenvalue weighted by Crippen LogP contribution is -2.09. The van der Waals surface area contributed by atoms with E-state index in [4.69, 9.17) is 0 Å². The molecule has 1 N–H and O–H groups in total. The zero-order chi connectivity index (χ0) is 9.14. The Morgan fingerprint density at radius 3 is 2.33 bits per heavy atom. The summed E-state index contributed by atoms with van der Waals surface area (Å²) in [4.78, 5) is 4.35. The van der Waals surface area contributed by atoms with Crippen LogP contribution in [0.25, 0.3) is 0 Å². The van der Waals surface area contributed by atoms with Crippen LogP contribution < -0.4 is 5.32 Å². The lowest BCUT2D eigenvalue weighted by molar-refractivity contribution is 0.796. The Morgan fingerprint density at radius 2 is 1.92 bits per heavy atom. The molecule has 12 heavy (non-hydrogen) atoms. The van der Waals surface area contributed by atoms with Gasteiger partial charge >= 0.3 is 0 Å². The van der Waals surface area contributed by atoms with Gasteiger partial charge < -0.3 is 5.32 Å². The Bertz CT molecular complexity index is 242. The molecule has 68 valence electrons. The van der Waals surface area contributed by atoms with Crippen molar-refractivity contribution in [3.63, 3.8) is 0 Å². The quantitative estimate of drug-likeness (QED) is 0.786. The third kappa shape index (κ3) is 2.44. The zero-order valence-electron chi connectivity index (χ0n) is 7.96. The fraction of sp³-hybridized carbons (Fsp3) is 0.750. The molecule has 0 amide bonds. The van der Waals surface area contributed by atoms with E-state index in [1.54, 1.807) is 0 Å². The van der Waals surface area contributed by atoms with E-state index < -0.39 is 0 Å². The molecule has 0 saturated carbocycles. The number of hydrogen-bond acceptors (Lipinski definition) is 4. The van der Waals surface area contributed by atoms with Gasteiger partial charge in [0.15, 0.2) is 0 Å². The van der Waals surface area contributed by atoms with Gasteiger partial charge in [-0.2, -0.15) is 4.37 Å². The van der Waals surface area contributed by atoms with Crippen LogP contribution in [0.1, 0.15) is 39.4 Å². The summed E-state index contributed by atoms with van der Waals surface area (Å²) in [5, 5.41) is 4.15. The first-order valence-corrected chi connectivity index (χ1v) is 4.97. The molecule has 0 aliphatic rings. The molecular weight excluding hydrogens is 170 g/mol. The van der Waals surface area contributed by atoms with Crippen LogP contribution in [0.5, 0.6) is 0 Å². The summed E-state index contributed by atoms with van der Waals surface area (Å²) >= 11 is 1.43. The molecule has 0 atom stereocenters. The average molecular weight is 185 g/mol. The molecule has 0 fully saturated rings. The Morgan fingerprint density at radius 1 is 1.25 bits per heavy atom. The van der Waals surface area contributed by atoms with Gasteiger partial charge in [-0.1, -0.05) is 13.8 Å². The van der Waals surface area contributed by atoms with Crippen molar-refractivity contribution in [1.82, 2.24) is 9.36 Å². The lowest BCUT2D eigenvalue weighted by Gasteiger charge is -2.03. The van der Waals surface area contributed by atoms with Crippen molar-refractivity contribution in [3.05, 3.63) is 5.82 Å². The highest BCUT2D eigenvalue weighted by molar-refractivity contribution is 7.09. The first-order chi connectivity index (χ1) is 5.59. The van der Waals surface area contributed by atoms with E-state index in [0.29, 0.717) is 12.0 Å². The van der Waals surface area contributed by atoms with Crippen LogP contribution in [-0.4, -0.2) is 15.4 Å². The van der Waals surface area contributed by atoms with Crippen molar-refractivity contribution in [2.75, 3.05) is 5.32 Å². The van der Waals surface area contributed by atoms with Crippen molar-refractivity contribution in [3.8, 4) is 0 Å². The minimum absolute atomic E-state index is 0.420. The van der Waals surface area contributed by atoms with E-state index in [1.165, 1.54) is 11.5 Å². The Hall–Kier alpha value is -0.640. The van der Waals surface area contributed by atoms with Crippen molar-refractivity contribution in [2.45, 2.75) is 39.7 Å². The second kappa shape index (κ2) is 3.85. The van der Waals surface area contributed by atoms with Gasteiger partial charge in [0.1, 0.15) is 5.82 Å². The van der Waals surface area contributed by atoms with Gasteiger partial charge in [-0.05, 0) is 13.8 Å². The summed E-state index contributed by atoms with van der Waals surface area (Å²) < 4.78 is 4.24. The van der Waals surface area contributed by atoms with Gasteiger partial charge in [0.25, 0.3) is 0 Å². The number of nitrogens with zero attached hydrogens (tertiary/aromatic N) is 2. The predicted molar refractivity (Wildman–Crippen MR) is 52.8 cm³/mol. The second-order valence-electron chi connectivity index (χ2n) is 3.41. The maximum Gasteiger partial charge on any atom is 0.202 e. The molecule has 0 bridgehead atoms. The van der Waals surface area contributed by atoms with Crippen LogP contribution in [0, 0.1) is 0 Å². The highest BCUT2D eigenvalue weighted by Gasteiger charge is 2.07. The fourth-order valence-corrected chi connectivity index (χ4v) is 1.63. The van der Waals surface area contributed by atoms with Gasteiger partial charge in [0, 0.05) is 23.5 Å². The predicted octanol–water partition coefficient (Wildman–Crippen LogP) is 2.48. The molecule has 0 spiro atoms. The number of hydrogen-bond donors (Lipinski definition) is 1. The molecule has 0 aliphatic heterocycles. The number of rotatable bonds is 3. The largest absolute Gasteiger partial charge is 0.358 e. The summed E-state index contributed by atoms with van der Waals surface area (Å²) in [5.74, 6) is 1.35. The second-order valence-corrected chi connectivity index (χ2v) is 4.16. The van der Waals surface area contributed by atoms with Gasteiger partial charge in [-0.25, -0.2) is 4.98 Å². The minimum Gasteiger partial charge on any atom is -0.358 e. The molecule has 3 nitrogen and oxygen atoms in total. The van der Waals surface area contributed by atoms with E-state index in [9.17, 15) is 0 Å². The number of anilines is 1. The summed E-state index contributed by atoms with van der Waals surface area (Å²) in [7, 11) is 0. The standard InChI is InChI=1S/C8H15N3S/c1-5(2)7-10-8(12-11-7)9-6(3)4/h5-6H,1-4H3,(H,9,10,11). The monoisotopic (exact) mass is 185 g/mol. The van der Waals surface area contributed by atoms with Crippen molar-refractivity contribution >= 4 is 16.7 Å². The third-order valence-electron chi connectivity index (χ3n) is 1.37. The molecule has 0 radical (unpaired) electrons. The first kappa shape index (κ1) is 9.45. The molecule has 1 aromatic rings. The van der Waals surface area contributed by atoms with Crippen LogP contribution in [0.2, 0.25) is 0 Å². The highest BCUT2D eigenvalue weighted by Crippen LogP contribution is 2.17. The van der Waals surface area contributed by atoms with Crippen molar-refractivity contribution in [2.24, 2.45) is 0 Å². The smallest absolute Gasteiger partial charge is 0.202 e. The maximum absolute atomic E-state index is 4.35. The van der Waals surface area contributed by atoms with Gasteiger partial charge in [0.05, 0.1) is 0 Å². The maximum atomic E-state index is 4.35. The van der Waals surface area contributed by atoms with E-state index in [1.807, 2.05) is 0 Å². The Balaban J connectivity index is 2.64. The molecule has 0 aromatic carbocycles. The molecule has 1 aromatic heterocycles. The van der Waals surface area contributed by atoms with Crippen LogP contribution >= 0.6 is 11.5 Å². The zero-order valence-corrected chi connectivity index (χ0v) is 8.77. The molecule has 1 rings (SSSR count). The van der Waals surface area contributed by atoms with Crippen molar-refractivity contribution in [1.29, 1.82) is 0 Å². The summed E-state index contributed by atoms with van der Waals surface area (Å²) in [6.45, 7) is 8.38. The Labute approximate surface area is 77.4 Å². The summed E-state index contributed by atoms with van der Waals surface area (Å²) in [5.41, 5.74) is 0. The molecule has 0 unspecified atom stereocenters. The van der Waals surface area contributed by atoms with Crippen molar-refractivity contribution < 1.29 is 0 Å². The van der Waals surface area contributed by atoms with Gasteiger partial charge in [-0.15, -0.1) is 0 Å². The van der Waals surface area contributed by atoms with E-state index in [-0.39, 0.29) is 0 Å². The minimum atomic E-state index is 0.420. The van der Waals surface area contributed by atoms with Crippen LogP contribution in [0.15, 0.2) is 0 Å². The number of nitrogens with one attached hydrogen (secondary N) is 1. The highest BCUT2D eigenvalue weighted by atomic mass is 32.1. The summed E-state index contributed by atoms with van der Waals surface area (Å²) in [6.07, 6.45) is 0. The molecular formula is C8H15N3S. The Kier molecular flexibility index (Phi) is 3.03. The molecule has 0 saturated heterocycles. The van der Waals surface area contributed by atoms with E-state index >= 15 is 0 Å². The van der Waals surface area contributed by atoms with Crippen LogP contribution in [-0.2, 0) is 0 Å². The molecule has 0 aliphatic carbocycles. The fourth-order valence-electron chi connectivity index (χ4n) is 0.775. The first-order valence-electron chi connectivity index (χ1n) is 4.19. The topological polar surface area (TPSA) is 37.8 Å². The van der Waals surface area contributed by atoms with Gasteiger partial charge in [0.2, 0.25) is 5.13 Å². The van der Waals surface area contributed by atoms with E-state index in [0.717, 1.165) is 11.0 Å². The SMILES string of the molecule is CC(C)Nc1nc(C(C)C)ns1. The number of aromatic nitrogens is 2. The van der Waals surface area contributed by atoms with Crippen LogP contribution in [0.4, 0.5) is 5.13 Å². The van der Waals surface area contributed by atoms with Gasteiger partial charge in [-0.3, -0.25) is 0 Å². The molecule has 4 heteroatoms. The summed E-state index contributed by atoms with van der Waals surface area (Å²) in [6, 6.07) is 0.429. The lowest BCUT2D eigenvalue weighted by atomic mass is 10.2. The van der Waals surface area contributed by atoms with Crippen LogP contribution in [0.3, 0.4) is 0 Å². The normalized spacial score (nSPS) is 11.2.